The van der Waals surface area contributed by atoms with Gasteiger partial charge in [0, 0.05) is 22.9 Å². The number of non-ortho nitro benzene ring substituents is 1. The van der Waals surface area contributed by atoms with Gasteiger partial charge in [-0.3, -0.25) is 10.1 Å². The molecule has 1 aromatic heterocycles. The number of nitro benzene ring substituents is 1. The van der Waals surface area contributed by atoms with Gasteiger partial charge in [0.25, 0.3) is 5.69 Å². The summed E-state index contributed by atoms with van der Waals surface area (Å²) < 4.78 is 142. The minimum Gasteiger partial charge on any atom is -0.744 e. The van der Waals surface area contributed by atoms with Crippen LogP contribution in [0.4, 0.5) is 17.1 Å². The Bertz CT molecular complexity index is 3090. The van der Waals surface area contributed by atoms with E-state index in [9.17, 15) is 62.0 Å². The molecule has 0 unspecified atom stereocenters. The third-order valence-corrected chi connectivity index (χ3v) is 11.0. The van der Waals surface area contributed by atoms with Gasteiger partial charge in [0.15, 0.2) is 0 Å². The maximum absolute atomic E-state index is 12.1. The molecule has 6 rings (SSSR count). The monoisotopic (exact) mass is 904 g/mol. The van der Waals surface area contributed by atoms with Crippen LogP contribution in [0, 0.1) is 10.1 Å². The van der Waals surface area contributed by atoms with E-state index in [4.69, 9.17) is 0 Å². The first-order valence-electron chi connectivity index (χ1n) is 14.4. The summed E-state index contributed by atoms with van der Waals surface area (Å²) in [6, 6.07) is 15.5. The molecule has 0 aliphatic heterocycles. The molecular formula is C30H16N6Na4O14S4. The third kappa shape index (κ3) is 11.9. The van der Waals surface area contributed by atoms with Gasteiger partial charge in [-0.25, -0.2) is 33.7 Å². The van der Waals surface area contributed by atoms with Gasteiger partial charge in [-0.15, -0.1) is 10.2 Å². The van der Waals surface area contributed by atoms with Crippen LogP contribution in [0.5, 0.6) is 0 Å². The minimum atomic E-state index is -5.21. The van der Waals surface area contributed by atoms with E-state index < -0.39 is 70.7 Å². The van der Waals surface area contributed by atoms with Crippen molar-refractivity contribution in [2.75, 3.05) is 0 Å². The molecule has 5 aromatic carbocycles. The summed E-state index contributed by atoms with van der Waals surface area (Å²) in [5.41, 5.74) is -0.695. The Morgan fingerprint density at radius 2 is 1.07 bits per heavy atom. The summed E-state index contributed by atoms with van der Waals surface area (Å²) in [4.78, 5) is 7.59. The molecule has 0 spiro atoms. The van der Waals surface area contributed by atoms with Crippen LogP contribution in [0.25, 0.3) is 39.6 Å². The molecule has 0 bridgehead atoms. The fourth-order valence-electron chi connectivity index (χ4n) is 5.10. The zero-order chi connectivity index (χ0) is 39.4. The Hall–Kier alpha value is -1.86. The van der Waals surface area contributed by atoms with Crippen molar-refractivity contribution in [3.05, 3.63) is 106 Å². The number of nitrogens with zero attached hydrogens (tertiary/aromatic N) is 6. The van der Waals surface area contributed by atoms with E-state index in [2.05, 4.69) is 20.4 Å². The Kier molecular flexibility index (Phi) is 17.9. The largest absolute Gasteiger partial charge is 1.00 e. The third-order valence-electron chi connectivity index (χ3n) is 7.52. The predicted octanol–water partition coefficient (Wildman–Crippen LogP) is -8.30. The molecule has 0 fully saturated rings. The van der Waals surface area contributed by atoms with Crippen LogP contribution >= 0.6 is 0 Å². The van der Waals surface area contributed by atoms with Crippen LogP contribution in [-0.2, 0) is 40.5 Å². The van der Waals surface area contributed by atoms with E-state index in [0.717, 1.165) is 47.3 Å². The number of hydrogen-bond donors (Lipinski definition) is 0. The van der Waals surface area contributed by atoms with Crippen LogP contribution in [0.1, 0.15) is 11.1 Å². The van der Waals surface area contributed by atoms with Crippen LogP contribution < -0.4 is 118 Å². The molecule has 58 heavy (non-hydrogen) atoms. The SMILES string of the molecule is O=[N+]([O-])c1ccc(/C=C/c2ccc(N=Nc3ccc(-n4nc5ccc6c(S(=O)(=O)[O-])cc(S(=O)(=O)[O-])cc6c5n4)cc3)cc2S(=O)(=O)[O-])c(S(=O)(=O)[O-])c1.[Na+].[Na+].[Na+].[Na+]. The molecule has 0 N–H and O–H groups in total. The Morgan fingerprint density at radius 3 is 1.60 bits per heavy atom. The molecule has 0 saturated heterocycles. The smallest absolute Gasteiger partial charge is 0.744 e. The summed E-state index contributed by atoms with van der Waals surface area (Å²) in [5, 5.41) is 27.2. The van der Waals surface area contributed by atoms with Gasteiger partial charge < -0.3 is 18.2 Å². The molecule has 20 nitrogen and oxygen atoms in total. The zero-order valence-corrected chi connectivity index (χ0v) is 41.5. The molecule has 278 valence electrons. The quantitative estimate of drug-likeness (QED) is 0.0308. The van der Waals surface area contributed by atoms with Crippen molar-refractivity contribution in [1.82, 2.24) is 15.0 Å². The van der Waals surface area contributed by atoms with Crippen molar-refractivity contribution in [3.8, 4) is 5.69 Å². The van der Waals surface area contributed by atoms with E-state index in [1.807, 2.05) is 0 Å². The van der Waals surface area contributed by atoms with Gasteiger partial charge >= 0.3 is 118 Å². The van der Waals surface area contributed by atoms with E-state index in [0.29, 0.717) is 17.8 Å². The molecule has 0 atom stereocenters. The summed E-state index contributed by atoms with van der Waals surface area (Å²) in [6.07, 6.45) is 2.01. The molecule has 28 heteroatoms. The van der Waals surface area contributed by atoms with Gasteiger partial charge in [0.1, 0.15) is 51.5 Å². The second-order valence-electron chi connectivity index (χ2n) is 11.0. The molecule has 0 amide bonds. The average molecular weight is 905 g/mol. The van der Waals surface area contributed by atoms with E-state index in [1.165, 1.54) is 42.5 Å². The van der Waals surface area contributed by atoms with Gasteiger partial charge in [0.05, 0.1) is 41.6 Å². The van der Waals surface area contributed by atoms with Gasteiger partial charge in [-0.2, -0.15) is 15.0 Å². The number of aromatic nitrogens is 3. The molecule has 0 saturated carbocycles. The van der Waals surface area contributed by atoms with E-state index in [1.54, 1.807) is 0 Å². The fraction of sp³-hybridized carbons (Fsp3) is 0. The first kappa shape index (κ1) is 52.3. The standard InChI is InChI=1S/C30H20N6O14S4.4Na/c37-36(38)22-8-4-18(28(14-22)53(45,46)47)2-1-17-3-5-20(13-27(17)52(42,43)44)32-31-19-6-9-21(10-7-19)35-33-26-12-11-24-25(30(26)34-35)15-23(51(39,40)41)16-29(24)54(48,49)50;;;;/h1-16H,(H,39,40,41)(H,42,43,44)(H,45,46,47)(H,48,49,50);;;;/q;4*+1/p-4/b2-1+,32-31?;;;;. The molecular weight excluding hydrogens is 889 g/mol. The maximum atomic E-state index is 12.1. The number of azo groups is 1. The van der Waals surface area contributed by atoms with Gasteiger partial charge in [0.2, 0.25) is 0 Å². The fourth-order valence-corrected chi connectivity index (χ4v) is 7.80. The Balaban J connectivity index is 0.00000290. The van der Waals surface area contributed by atoms with E-state index >= 15 is 0 Å². The first-order valence-corrected chi connectivity index (χ1v) is 20.0. The molecule has 0 aliphatic carbocycles. The van der Waals surface area contributed by atoms with Crippen molar-refractivity contribution >= 4 is 91.5 Å². The normalized spacial score (nSPS) is 12.1. The maximum Gasteiger partial charge on any atom is 1.00 e. The topological polar surface area (TPSA) is 327 Å². The molecule has 6 aromatic rings. The van der Waals surface area contributed by atoms with Crippen molar-refractivity contribution in [3.63, 3.8) is 0 Å². The number of fused-ring (bicyclic) bond motifs is 3. The first-order chi connectivity index (χ1) is 25.1. The van der Waals surface area contributed by atoms with Crippen LogP contribution in [0.15, 0.2) is 115 Å². The van der Waals surface area contributed by atoms with Crippen LogP contribution in [0.3, 0.4) is 0 Å². The Morgan fingerprint density at radius 1 is 0.552 bits per heavy atom. The predicted molar refractivity (Wildman–Crippen MR) is 181 cm³/mol. The number of nitro groups is 1. The number of hydrogen-bond acceptors (Lipinski definition) is 18. The summed E-state index contributed by atoms with van der Waals surface area (Å²) in [6.45, 7) is 0. The summed E-state index contributed by atoms with van der Waals surface area (Å²) in [5.74, 6) is 0. The van der Waals surface area contributed by atoms with Crippen molar-refractivity contribution in [2.45, 2.75) is 19.6 Å². The van der Waals surface area contributed by atoms with Crippen LogP contribution in [0.2, 0.25) is 0 Å². The molecule has 0 radical (unpaired) electrons. The van der Waals surface area contributed by atoms with Crippen molar-refractivity contribution in [1.29, 1.82) is 0 Å². The van der Waals surface area contributed by atoms with Crippen molar-refractivity contribution in [2.24, 2.45) is 10.2 Å². The zero-order valence-electron chi connectivity index (χ0n) is 30.3. The molecule has 0 aliphatic rings. The average Bonchev–Trinajstić information content (AvgIpc) is 3.53. The summed E-state index contributed by atoms with van der Waals surface area (Å²) in [7, 11) is -20.7. The van der Waals surface area contributed by atoms with Crippen LogP contribution in [-0.4, -0.2) is 71.8 Å². The number of rotatable bonds is 10. The minimum absolute atomic E-state index is 0. The second kappa shape index (κ2) is 19.9. The van der Waals surface area contributed by atoms with Crippen molar-refractivity contribution < 1.29 is 175 Å². The summed E-state index contributed by atoms with van der Waals surface area (Å²) >= 11 is 0. The van der Waals surface area contributed by atoms with Gasteiger partial charge in [-0.05, 0) is 71.8 Å². The second-order valence-corrected chi connectivity index (χ2v) is 16.4. The Labute approximate surface area is 417 Å². The van der Waals surface area contributed by atoms with Gasteiger partial charge in [-0.1, -0.05) is 24.3 Å². The number of benzene rings is 5. The van der Waals surface area contributed by atoms with E-state index in [-0.39, 0.29) is 163 Å². The molecule has 1 heterocycles.